The lowest BCUT2D eigenvalue weighted by molar-refractivity contribution is 0.0995. The molecule has 3 N–H and O–H groups in total. The van der Waals surface area contributed by atoms with Gasteiger partial charge in [0.1, 0.15) is 23.9 Å². The Kier molecular flexibility index (Phi) is 7.75. The molecule has 2 aromatic rings. The van der Waals surface area contributed by atoms with E-state index in [1.807, 2.05) is 0 Å². The number of halogens is 2. The summed E-state index contributed by atoms with van der Waals surface area (Å²) in [7, 11) is 0. The van der Waals surface area contributed by atoms with Crippen LogP contribution in [0, 0.1) is 5.82 Å². The maximum atomic E-state index is 12.9. The molecule has 0 saturated carbocycles. The molecule has 1 aliphatic heterocycles. The Balaban J connectivity index is 0.00000261. The molecule has 1 aromatic heterocycles. The summed E-state index contributed by atoms with van der Waals surface area (Å²) in [6.07, 6.45) is 3.42. The number of primary amides is 1. The number of hydrogen-bond acceptors (Lipinski definition) is 6. The second-order valence-corrected chi connectivity index (χ2v) is 6.19. The number of hydrogen-bond donors (Lipinski definition) is 2. The van der Waals surface area contributed by atoms with E-state index < -0.39 is 5.91 Å². The number of ether oxygens (including phenoxy) is 1. The van der Waals surface area contributed by atoms with Crippen LogP contribution in [0.25, 0.3) is 0 Å². The number of benzene rings is 1. The fraction of sp³-hybridized carbons (Fsp3) is 0.389. The van der Waals surface area contributed by atoms with Crippen molar-refractivity contribution >= 4 is 24.3 Å². The summed E-state index contributed by atoms with van der Waals surface area (Å²) in [5, 5.41) is 3.26. The van der Waals surface area contributed by atoms with Crippen molar-refractivity contribution in [2.75, 3.05) is 31.6 Å². The third kappa shape index (κ3) is 6.33. The maximum Gasteiger partial charge on any atom is 0.267 e. The van der Waals surface area contributed by atoms with E-state index >= 15 is 0 Å². The fourth-order valence-electron chi connectivity index (χ4n) is 2.87. The zero-order valence-electron chi connectivity index (χ0n) is 14.8. The number of nitrogens with two attached hydrogens (primary N) is 1. The van der Waals surface area contributed by atoms with Gasteiger partial charge in [-0.05, 0) is 43.2 Å². The smallest absolute Gasteiger partial charge is 0.267 e. The molecule has 0 radical (unpaired) electrons. The van der Waals surface area contributed by atoms with Crippen LogP contribution in [0.15, 0.2) is 36.5 Å². The molecule has 1 amide bonds. The van der Waals surface area contributed by atoms with Gasteiger partial charge in [0.2, 0.25) is 5.95 Å². The first kappa shape index (κ1) is 20.9. The minimum Gasteiger partial charge on any atom is -0.492 e. The van der Waals surface area contributed by atoms with Crippen LogP contribution in [0.3, 0.4) is 0 Å². The Morgan fingerprint density at radius 1 is 1.26 bits per heavy atom. The highest BCUT2D eigenvalue weighted by atomic mass is 35.5. The summed E-state index contributed by atoms with van der Waals surface area (Å²) in [6.45, 7) is 3.24. The second-order valence-electron chi connectivity index (χ2n) is 6.19. The number of piperidine rings is 1. The van der Waals surface area contributed by atoms with Crippen LogP contribution in [0.4, 0.5) is 10.3 Å². The van der Waals surface area contributed by atoms with Crippen molar-refractivity contribution in [3.63, 3.8) is 0 Å². The van der Waals surface area contributed by atoms with Crippen molar-refractivity contribution in [3.8, 4) is 5.75 Å². The van der Waals surface area contributed by atoms with Crippen LogP contribution in [-0.4, -0.2) is 53.1 Å². The molecule has 1 aliphatic rings. The summed E-state index contributed by atoms with van der Waals surface area (Å²) in [6, 6.07) is 7.80. The van der Waals surface area contributed by atoms with E-state index in [1.54, 1.807) is 12.1 Å². The van der Waals surface area contributed by atoms with Crippen LogP contribution in [0.2, 0.25) is 0 Å². The average molecular weight is 396 g/mol. The van der Waals surface area contributed by atoms with Crippen molar-refractivity contribution in [3.05, 3.63) is 48.0 Å². The molecule has 9 heteroatoms. The van der Waals surface area contributed by atoms with Crippen molar-refractivity contribution in [1.82, 2.24) is 14.9 Å². The number of amides is 1. The number of carbonyl (C=O) groups excluding carboxylic acids is 1. The van der Waals surface area contributed by atoms with Crippen molar-refractivity contribution in [2.45, 2.75) is 18.9 Å². The van der Waals surface area contributed by atoms with Gasteiger partial charge in [-0.25, -0.2) is 14.4 Å². The molecular formula is C18H23ClFN5O2. The Morgan fingerprint density at radius 2 is 1.96 bits per heavy atom. The Labute approximate surface area is 163 Å². The highest BCUT2D eigenvalue weighted by molar-refractivity contribution is 5.90. The number of nitrogens with one attached hydrogen (secondary N) is 1. The van der Waals surface area contributed by atoms with Gasteiger partial charge in [0.15, 0.2) is 0 Å². The van der Waals surface area contributed by atoms with Gasteiger partial charge >= 0.3 is 0 Å². The molecule has 1 fully saturated rings. The van der Waals surface area contributed by atoms with Gasteiger partial charge in [0.05, 0.1) is 0 Å². The van der Waals surface area contributed by atoms with E-state index in [0.29, 0.717) is 18.3 Å². The molecule has 0 atom stereocenters. The molecule has 146 valence electrons. The molecule has 0 bridgehead atoms. The average Bonchev–Trinajstić information content (AvgIpc) is 2.65. The van der Waals surface area contributed by atoms with Gasteiger partial charge in [-0.1, -0.05) is 0 Å². The number of rotatable bonds is 7. The highest BCUT2D eigenvalue weighted by Crippen LogP contribution is 2.15. The fourth-order valence-corrected chi connectivity index (χ4v) is 2.87. The Bertz CT molecular complexity index is 739. The summed E-state index contributed by atoms with van der Waals surface area (Å²) in [4.78, 5) is 21.7. The van der Waals surface area contributed by atoms with Gasteiger partial charge in [-0.15, -0.1) is 12.4 Å². The number of aromatic nitrogens is 2. The SMILES string of the molecule is Cl.NC(=O)c1ccnc(NC2CCN(CCOc3ccc(F)cc3)CC2)n1. The third-order valence-corrected chi connectivity index (χ3v) is 4.32. The molecule has 1 saturated heterocycles. The monoisotopic (exact) mass is 395 g/mol. The first-order valence-corrected chi connectivity index (χ1v) is 8.60. The van der Waals surface area contributed by atoms with Crippen LogP contribution < -0.4 is 15.8 Å². The van der Waals surface area contributed by atoms with Crippen LogP contribution in [0.5, 0.6) is 5.75 Å². The molecule has 3 rings (SSSR count). The maximum absolute atomic E-state index is 12.9. The largest absolute Gasteiger partial charge is 0.492 e. The van der Waals surface area contributed by atoms with E-state index in [-0.39, 0.29) is 30.0 Å². The first-order chi connectivity index (χ1) is 12.6. The normalized spacial score (nSPS) is 15.0. The first-order valence-electron chi connectivity index (χ1n) is 8.60. The zero-order valence-corrected chi connectivity index (χ0v) is 15.6. The lowest BCUT2D eigenvalue weighted by Gasteiger charge is -2.32. The third-order valence-electron chi connectivity index (χ3n) is 4.32. The van der Waals surface area contributed by atoms with E-state index in [1.165, 1.54) is 24.4 Å². The van der Waals surface area contributed by atoms with Gasteiger partial charge in [-0.3, -0.25) is 9.69 Å². The lowest BCUT2D eigenvalue weighted by atomic mass is 10.1. The predicted molar refractivity (Wildman–Crippen MR) is 103 cm³/mol. The van der Waals surface area contributed by atoms with E-state index in [0.717, 1.165) is 32.5 Å². The molecule has 27 heavy (non-hydrogen) atoms. The van der Waals surface area contributed by atoms with Crippen molar-refractivity contribution in [2.24, 2.45) is 5.73 Å². The number of nitrogens with zero attached hydrogens (tertiary/aromatic N) is 3. The second kappa shape index (κ2) is 10.0. The summed E-state index contributed by atoms with van der Waals surface area (Å²) in [5.74, 6) is 0.275. The Hall–Kier alpha value is -2.45. The number of likely N-dealkylation sites (tertiary alicyclic amines) is 1. The van der Waals surface area contributed by atoms with Crippen LogP contribution >= 0.6 is 12.4 Å². The molecule has 1 aromatic carbocycles. The molecule has 0 unspecified atom stereocenters. The molecule has 0 aliphatic carbocycles. The van der Waals surface area contributed by atoms with Gasteiger partial charge in [0.25, 0.3) is 5.91 Å². The minimum atomic E-state index is -0.563. The molecule has 0 spiro atoms. The van der Waals surface area contributed by atoms with E-state index in [9.17, 15) is 9.18 Å². The van der Waals surface area contributed by atoms with Gasteiger partial charge < -0.3 is 15.8 Å². The summed E-state index contributed by atoms with van der Waals surface area (Å²) < 4.78 is 18.5. The van der Waals surface area contributed by atoms with E-state index in [2.05, 4.69) is 20.2 Å². The van der Waals surface area contributed by atoms with E-state index in [4.69, 9.17) is 10.5 Å². The van der Waals surface area contributed by atoms with Crippen LogP contribution in [0.1, 0.15) is 23.3 Å². The number of carbonyl (C=O) groups is 1. The number of anilines is 1. The van der Waals surface area contributed by atoms with Crippen LogP contribution in [-0.2, 0) is 0 Å². The van der Waals surface area contributed by atoms with Gasteiger partial charge in [-0.2, -0.15) is 0 Å². The standard InChI is InChI=1S/C18H22FN5O2.ClH/c19-13-1-3-15(4-2-13)26-12-11-24-9-6-14(7-10-24)22-18-21-8-5-16(23-18)17(20)25;/h1-5,8,14H,6-7,9-12H2,(H2,20,25)(H,21,22,23);1H. The molecule has 2 heterocycles. The lowest BCUT2D eigenvalue weighted by Crippen LogP contribution is -2.41. The van der Waals surface area contributed by atoms with Crippen molar-refractivity contribution < 1.29 is 13.9 Å². The quantitative estimate of drug-likeness (QED) is 0.745. The molecule has 7 nitrogen and oxygen atoms in total. The summed E-state index contributed by atoms with van der Waals surface area (Å²) in [5.41, 5.74) is 5.44. The zero-order chi connectivity index (χ0) is 18.4. The topological polar surface area (TPSA) is 93.4 Å². The predicted octanol–water partition coefficient (Wildman–Crippen LogP) is 2.09. The Morgan fingerprint density at radius 3 is 2.63 bits per heavy atom. The van der Waals surface area contributed by atoms with Crippen molar-refractivity contribution in [1.29, 1.82) is 0 Å². The highest BCUT2D eigenvalue weighted by Gasteiger charge is 2.20. The molecular weight excluding hydrogens is 373 g/mol. The van der Waals surface area contributed by atoms with Gasteiger partial charge in [0, 0.05) is 31.9 Å². The summed E-state index contributed by atoms with van der Waals surface area (Å²) >= 11 is 0. The minimum absolute atomic E-state index is 0.